The van der Waals surface area contributed by atoms with Crippen LogP contribution in [0.3, 0.4) is 0 Å². The molecular formula is C15H29N2+. The number of imidazole rings is 1. The molecule has 0 fully saturated rings. The third-order valence-electron chi connectivity index (χ3n) is 3.29. The second kappa shape index (κ2) is 9.26. The quantitative estimate of drug-likeness (QED) is 0.430. The lowest BCUT2D eigenvalue weighted by atomic mass is 10.1. The molecule has 0 aliphatic rings. The molecule has 0 unspecified atom stereocenters. The topological polar surface area (TPSA) is 8.81 Å². The lowest BCUT2D eigenvalue weighted by Gasteiger charge is -1.98. The van der Waals surface area contributed by atoms with Gasteiger partial charge in [-0.05, 0) is 19.3 Å². The van der Waals surface area contributed by atoms with Gasteiger partial charge in [-0.2, -0.15) is 0 Å². The van der Waals surface area contributed by atoms with E-state index in [1.165, 1.54) is 64.5 Å². The van der Waals surface area contributed by atoms with E-state index in [1.54, 1.807) is 0 Å². The van der Waals surface area contributed by atoms with Crippen molar-refractivity contribution in [2.45, 2.75) is 78.3 Å². The van der Waals surface area contributed by atoms with Crippen LogP contribution in [0.2, 0.25) is 0 Å². The van der Waals surface area contributed by atoms with Crippen molar-refractivity contribution < 1.29 is 4.57 Å². The summed E-state index contributed by atoms with van der Waals surface area (Å²) in [6.07, 6.45) is 17.5. The average Bonchev–Trinajstić information content (AvgIpc) is 2.79. The zero-order chi connectivity index (χ0) is 12.3. The molecule has 0 atom stereocenters. The molecule has 0 spiro atoms. The smallest absolute Gasteiger partial charge is 0.237 e. The van der Waals surface area contributed by atoms with Gasteiger partial charge in [0, 0.05) is 0 Å². The Morgan fingerprint density at radius 3 is 2.35 bits per heavy atom. The minimum absolute atomic E-state index is 1.17. The fourth-order valence-electron chi connectivity index (χ4n) is 2.12. The van der Waals surface area contributed by atoms with Crippen LogP contribution in [0.1, 0.15) is 65.2 Å². The first kappa shape index (κ1) is 14.3. The predicted octanol–water partition coefficient (Wildman–Crippen LogP) is 3.94. The largest absolute Gasteiger partial charge is 0.243 e. The first-order valence-electron chi connectivity index (χ1n) is 7.41. The first-order valence-corrected chi connectivity index (χ1v) is 7.41. The number of unbranched alkanes of at least 4 members (excludes halogenated alkanes) is 6. The predicted molar refractivity (Wildman–Crippen MR) is 72.9 cm³/mol. The summed E-state index contributed by atoms with van der Waals surface area (Å²) in [5, 5.41) is 0. The summed E-state index contributed by atoms with van der Waals surface area (Å²) in [6, 6.07) is 0. The molecule has 0 saturated carbocycles. The van der Waals surface area contributed by atoms with Crippen molar-refractivity contribution in [2.24, 2.45) is 0 Å². The van der Waals surface area contributed by atoms with E-state index in [4.69, 9.17) is 0 Å². The molecule has 0 aromatic carbocycles. The van der Waals surface area contributed by atoms with Gasteiger partial charge in [0.15, 0.2) is 0 Å². The molecule has 1 rings (SSSR count). The molecule has 0 bridgehead atoms. The van der Waals surface area contributed by atoms with E-state index in [0.29, 0.717) is 0 Å². The summed E-state index contributed by atoms with van der Waals surface area (Å²) in [5.74, 6) is 0. The van der Waals surface area contributed by atoms with Crippen LogP contribution in [0.15, 0.2) is 18.7 Å². The summed E-state index contributed by atoms with van der Waals surface area (Å²) in [7, 11) is 0. The highest BCUT2D eigenvalue weighted by atomic mass is 15.1. The molecular weight excluding hydrogens is 208 g/mol. The number of hydrogen-bond acceptors (Lipinski definition) is 0. The van der Waals surface area contributed by atoms with Crippen LogP contribution in [0.4, 0.5) is 0 Å². The van der Waals surface area contributed by atoms with Crippen LogP contribution in [0.5, 0.6) is 0 Å². The first-order chi connectivity index (χ1) is 8.36. The molecule has 1 aromatic rings. The van der Waals surface area contributed by atoms with Gasteiger partial charge in [0.1, 0.15) is 12.4 Å². The summed E-state index contributed by atoms with van der Waals surface area (Å²) < 4.78 is 4.63. The standard InChI is InChI=1S/C15H29N2/c1-3-5-7-8-9-10-12-17-14-13-16(15-17)11-6-4-2/h13-15H,3-12H2,1-2H3/q+1. The van der Waals surface area contributed by atoms with Gasteiger partial charge in [0.25, 0.3) is 0 Å². The highest BCUT2D eigenvalue weighted by Crippen LogP contribution is 2.05. The molecule has 0 saturated heterocycles. The van der Waals surface area contributed by atoms with E-state index in [1.807, 2.05) is 0 Å². The molecule has 0 aliphatic carbocycles. The second-order valence-corrected chi connectivity index (χ2v) is 5.01. The summed E-state index contributed by atoms with van der Waals surface area (Å²) in [5.41, 5.74) is 0. The molecule has 0 radical (unpaired) electrons. The Bertz CT molecular complexity index is 278. The lowest BCUT2D eigenvalue weighted by Crippen LogP contribution is -2.30. The lowest BCUT2D eigenvalue weighted by molar-refractivity contribution is -0.696. The van der Waals surface area contributed by atoms with Gasteiger partial charge in [0.05, 0.1) is 13.1 Å². The van der Waals surface area contributed by atoms with Gasteiger partial charge in [-0.15, -0.1) is 0 Å². The minimum Gasteiger partial charge on any atom is -0.237 e. The number of nitrogens with zero attached hydrogens (tertiary/aromatic N) is 2. The molecule has 1 heterocycles. The Kier molecular flexibility index (Phi) is 7.78. The van der Waals surface area contributed by atoms with E-state index >= 15 is 0 Å². The normalized spacial score (nSPS) is 10.9. The fraction of sp³-hybridized carbons (Fsp3) is 0.800. The summed E-state index contributed by atoms with van der Waals surface area (Å²) in [4.78, 5) is 0. The third-order valence-corrected chi connectivity index (χ3v) is 3.29. The van der Waals surface area contributed by atoms with Crippen LogP contribution in [0, 0.1) is 0 Å². The SMILES string of the molecule is CCCCCCCCn1cc[n+](CCCC)c1. The van der Waals surface area contributed by atoms with Gasteiger partial charge < -0.3 is 0 Å². The second-order valence-electron chi connectivity index (χ2n) is 5.01. The Morgan fingerprint density at radius 1 is 0.882 bits per heavy atom. The number of rotatable bonds is 10. The van der Waals surface area contributed by atoms with Crippen molar-refractivity contribution in [2.75, 3.05) is 0 Å². The van der Waals surface area contributed by atoms with Crippen molar-refractivity contribution in [3.8, 4) is 0 Å². The van der Waals surface area contributed by atoms with Gasteiger partial charge >= 0.3 is 0 Å². The number of aromatic nitrogens is 2. The maximum absolute atomic E-state index is 2.33. The molecule has 0 aliphatic heterocycles. The molecule has 2 heteroatoms. The molecule has 2 nitrogen and oxygen atoms in total. The van der Waals surface area contributed by atoms with Gasteiger partial charge in [-0.25, -0.2) is 9.13 Å². The van der Waals surface area contributed by atoms with Crippen molar-refractivity contribution in [1.82, 2.24) is 4.57 Å². The van der Waals surface area contributed by atoms with E-state index in [2.05, 4.69) is 41.7 Å². The Hall–Kier alpha value is -0.790. The van der Waals surface area contributed by atoms with Crippen molar-refractivity contribution in [1.29, 1.82) is 0 Å². The Labute approximate surface area is 107 Å². The molecule has 1 aromatic heterocycles. The van der Waals surface area contributed by atoms with E-state index in [-0.39, 0.29) is 0 Å². The highest BCUT2D eigenvalue weighted by molar-refractivity contribution is 4.66. The third kappa shape index (κ3) is 6.50. The van der Waals surface area contributed by atoms with Crippen LogP contribution >= 0.6 is 0 Å². The van der Waals surface area contributed by atoms with E-state index in [0.717, 1.165) is 0 Å². The summed E-state index contributed by atoms with van der Waals surface area (Å²) >= 11 is 0. The van der Waals surface area contributed by atoms with Crippen molar-refractivity contribution >= 4 is 0 Å². The fourth-order valence-corrected chi connectivity index (χ4v) is 2.12. The summed E-state index contributed by atoms with van der Waals surface area (Å²) in [6.45, 7) is 6.87. The van der Waals surface area contributed by atoms with E-state index < -0.39 is 0 Å². The molecule has 98 valence electrons. The zero-order valence-corrected chi connectivity index (χ0v) is 11.7. The average molecular weight is 237 g/mol. The van der Waals surface area contributed by atoms with Crippen LogP contribution in [0.25, 0.3) is 0 Å². The minimum atomic E-state index is 1.17. The van der Waals surface area contributed by atoms with Crippen LogP contribution < -0.4 is 4.57 Å². The molecule has 0 amide bonds. The maximum Gasteiger partial charge on any atom is 0.243 e. The Balaban J connectivity index is 2.08. The van der Waals surface area contributed by atoms with E-state index in [9.17, 15) is 0 Å². The Morgan fingerprint density at radius 2 is 1.59 bits per heavy atom. The molecule has 17 heavy (non-hydrogen) atoms. The number of aryl methyl sites for hydroxylation is 2. The van der Waals surface area contributed by atoms with Crippen molar-refractivity contribution in [3.05, 3.63) is 18.7 Å². The van der Waals surface area contributed by atoms with Gasteiger partial charge in [-0.1, -0.05) is 46.0 Å². The van der Waals surface area contributed by atoms with Gasteiger partial charge in [-0.3, -0.25) is 0 Å². The van der Waals surface area contributed by atoms with Gasteiger partial charge in [0.2, 0.25) is 6.33 Å². The maximum atomic E-state index is 2.33. The van der Waals surface area contributed by atoms with Crippen molar-refractivity contribution in [3.63, 3.8) is 0 Å². The van der Waals surface area contributed by atoms with Crippen LogP contribution in [-0.4, -0.2) is 4.57 Å². The highest BCUT2D eigenvalue weighted by Gasteiger charge is 2.02. The number of hydrogen-bond donors (Lipinski definition) is 0. The monoisotopic (exact) mass is 237 g/mol. The molecule has 0 N–H and O–H groups in total. The zero-order valence-electron chi connectivity index (χ0n) is 11.7. The van der Waals surface area contributed by atoms with Crippen LogP contribution in [-0.2, 0) is 13.1 Å².